The molecule has 3 N–H and O–H groups in total. The van der Waals surface area contributed by atoms with E-state index in [0.29, 0.717) is 42.0 Å². The topological polar surface area (TPSA) is 156 Å². The first-order valence-corrected chi connectivity index (χ1v) is 15.5. The molecular formula is C28H46F4N2O8S2. The number of methoxy groups -OCH3 is 2. The standard InChI is InChI=1S/2C7H10FNOS.C5H9FO2.C5H10O3.C4H7FO/c2*1-2-5(8)6(10)7-9-3-4-11-7;2*1-3-4(6)5(7)8-2;1-2-4(5)3-6/h2*3-6,10H,2H2,1H3;4H,3H2,1-2H3;4,6H,3H2,1-2H3;3-4H,2H2,1H3. The third kappa shape index (κ3) is 22.0. The zero-order chi connectivity index (χ0) is 34.7. The van der Waals surface area contributed by atoms with E-state index in [1.807, 2.05) is 0 Å². The van der Waals surface area contributed by atoms with Gasteiger partial charge in [-0.15, -0.1) is 22.7 Å². The number of nitrogens with zero attached hydrogens (tertiary/aromatic N) is 2. The second kappa shape index (κ2) is 29.2. The van der Waals surface area contributed by atoms with E-state index < -0.39 is 54.9 Å². The summed E-state index contributed by atoms with van der Waals surface area (Å²) in [4.78, 5) is 37.4. The van der Waals surface area contributed by atoms with E-state index in [2.05, 4.69) is 19.4 Å². The van der Waals surface area contributed by atoms with Crippen molar-refractivity contribution in [3.05, 3.63) is 33.2 Å². The Kier molecular flexibility index (Phi) is 30.5. The van der Waals surface area contributed by atoms with Crippen molar-refractivity contribution in [2.24, 2.45) is 0 Å². The molecular weight excluding hydrogens is 632 g/mol. The van der Waals surface area contributed by atoms with Crippen molar-refractivity contribution >= 4 is 40.9 Å². The second-order valence-corrected chi connectivity index (χ2v) is 10.2. The number of halogens is 4. The summed E-state index contributed by atoms with van der Waals surface area (Å²) in [6.07, 6.45) is -3.14. The molecule has 2 aromatic heterocycles. The minimum absolute atomic E-state index is 0.187. The Morgan fingerprint density at radius 2 is 1.16 bits per heavy atom. The van der Waals surface area contributed by atoms with Crippen LogP contribution in [0.2, 0.25) is 0 Å². The van der Waals surface area contributed by atoms with Crippen molar-refractivity contribution in [3.63, 3.8) is 0 Å². The van der Waals surface area contributed by atoms with Crippen molar-refractivity contribution in [2.45, 2.75) is 110 Å². The first kappa shape index (κ1) is 45.9. The summed E-state index contributed by atoms with van der Waals surface area (Å²) < 4.78 is 57.5. The van der Waals surface area contributed by atoms with E-state index in [1.54, 1.807) is 57.8 Å². The van der Waals surface area contributed by atoms with Crippen LogP contribution < -0.4 is 0 Å². The Morgan fingerprint density at radius 1 is 0.750 bits per heavy atom. The number of aromatic nitrogens is 2. The summed E-state index contributed by atoms with van der Waals surface area (Å²) in [5.74, 6) is -1.35. The zero-order valence-electron chi connectivity index (χ0n) is 26.1. The fourth-order valence-electron chi connectivity index (χ4n) is 2.21. The molecule has 7 atom stereocenters. The van der Waals surface area contributed by atoms with Gasteiger partial charge in [0.1, 0.15) is 34.6 Å². The van der Waals surface area contributed by atoms with Crippen molar-refractivity contribution in [1.82, 2.24) is 9.97 Å². The van der Waals surface area contributed by atoms with E-state index in [0.717, 1.165) is 0 Å². The number of aliphatic hydroxyl groups is 3. The lowest BCUT2D eigenvalue weighted by Crippen LogP contribution is -2.20. The van der Waals surface area contributed by atoms with Crippen LogP contribution in [0, 0.1) is 0 Å². The Balaban J connectivity index is -0.000000487. The van der Waals surface area contributed by atoms with E-state index in [-0.39, 0.29) is 6.42 Å². The van der Waals surface area contributed by atoms with Crippen LogP contribution in [0.1, 0.15) is 88.9 Å². The van der Waals surface area contributed by atoms with Crippen molar-refractivity contribution in [3.8, 4) is 0 Å². The molecule has 0 spiro atoms. The number of hydrogen-bond donors (Lipinski definition) is 3. The van der Waals surface area contributed by atoms with Crippen LogP contribution in [0.5, 0.6) is 0 Å². The number of rotatable bonds is 12. The van der Waals surface area contributed by atoms with Gasteiger partial charge in [0.15, 0.2) is 24.7 Å². The number of hydrogen-bond acceptors (Lipinski definition) is 12. The van der Waals surface area contributed by atoms with E-state index in [4.69, 9.17) is 5.11 Å². The first-order valence-electron chi connectivity index (χ1n) is 13.8. The fraction of sp³-hybridized carbons (Fsp3) is 0.679. The van der Waals surface area contributed by atoms with Gasteiger partial charge in [-0.1, -0.05) is 34.6 Å². The Hall–Kier alpha value is -2.53. The van der Waals surface area contributed by atoms with Gasteiger partial charge in [-0.05, 0) is 32.1 Å². The minimum atomic E-state index is -1.44. The highest BCUT2D eigenvalue weighted by molar-refractivity contribution is 7.09. The third-order valence-electron chi connectivity index (χ3n) is 5.09. The molecule has 0 saturated carbocycles. The van der Waals surface area contributed by atoms with Gasteiger partial charge in [-0.2, -0.15) is 0 Å². The number of thiazole rings is 2. The molecule has 7 unspecified atom stereocenters. The number of alkyl halides is 4. The Labute approximate surface area is 264 Å². The summed E-state index contributed by atoms with van der Waals surface area (Å²) in [5, 5.41) is 31.5. The number of esters is 2. The van der Waals surface area contributed by atoms with Crippen LogP contribution in [0.25, 0.3) is 0 Å². The summed E-state index contributed by atoms with van der Waals surface area (Å²) in [5.41, 5.74) is 0. The SMILES string of the molecule is CCC(F)C(=O)OC.CCC(F)C(O)c1nccs1.CCC(F)C(O)c1nccs1.CCC(F)C=O.CCC(O)C(=O)OC. The maximum atomic E-state index is 12.8. The van der Waals surface area contributed by atoms with Gasteiger partial charge in [0.2, 0.25) is 0 Å². The van der Waals surface area contributed by atoms with Crippen LogP contribution in [-0.4, -0.2) is 88.5 Å². The van der Waals surface area contributed by atoms with Crippen molar-refractivity contribution in [1.29, 1.82) is 0 Å². The molecule has 256 valence electrons. The normalized spacial score (nSPS) is 14.7. The minimum Gasteiger partial charge on any atom is -0.467 e. The quantitative estimate of drug-likeness (QED) is 0.146. The average molecular weight is 679 g/mol. The van der Waals surface area contributed by atoms with Crippen molar-refractivity contribution < 1.29 is 56.7 Å². The summed E-state index contributed by atoms with van der Waals surface area (Å²) >= 11 is 2.55. The first-order chi connectivity index (χ1) is 20.8. The van der Waals surface area contributed by atoms with Crippen LogP contribution in [0.3, 0.4) is 0 Å². The molecule has 44 heavy (non-hydrogen) atoms. The molecule has 10 nitrogen and oxygen atoms in total. The molecule has 0 aliphatic carbocycles. The largest absolute Gasteiger partial charge is 0.467 e. The average Bonchev–Trinajstić information content (AvgIpc) is 3.81. The molecule has 0 bridgehead atoms. The highest BCUT2D eigenvalue weighted by Crippen LogP contribution is 2.23. The Bertz CT molecular complexity index is 878. The van der Waals surface area contributed by atoms with Gasteiger partial charge in [-0.25, -0.2) is 37.1 Å². The van der Waals surface area contributed by atoms with Gasteiger partial charge in [0, 0.05) is 23.2 Å². The van der Waals surface area contributed by atoms with Gasteiger partial charge in [0.25, 0.3) is 0 Å². The summed E-state index contributed by atoms with van der Waals surface area (Å²) in [6, 6.07) is 0. The number of aliphatic hydroxyl groups excluding tert-OH is 3. The number of carbonyl (C=O) groups excluding carboxylic acids is 3. The highest BCUT2D eigenvalue weighted by atomic mass is 32.1. The second-order valence-electron chi connectivity index (χ2n) is 8.39. The molecule has 2 rings (SSSR count). The smallest absolute Gasteiger partial charge is 0.340 e. The maximum absolute atomic E-state index is 12.8. The summed E-state index contributed by atoms with van der Waals surface area (Å²) in [6.45, 7) is 8.31. The number of ether oxygens (including phenoxy) is 2. The predicted octanol–water partition coefficient (Wildman–Crippen LogP) is 5.62. The molecule has 2 heterocycles. The molecule has 0 saturated heterocycles. The van der Waals surface area contributed by atoms with Crippen LogP contribution >= 0.6 is 22.7 Å². The molecule has 0 aromatic carbocycles. The van der Waals surface area contributed by atoms with Gasteiger partial charge >= 0.3 is 11.9 Å². The highest BCUT2D eigenvalue weighted by Gasteiger charge is 2.21. The number of carbonyl (C=O) groups is 3. The molecule has 0 aliphatic rings. The fourth-order valence-corrected chi connectivity index (χ4v) is 3.55. The van der Waals surface area contributed by atoms with E-state index >= 15 is 0 Å². The van der Waals surface area contributed by atoms with Crippen LogP contribution in [0.15, 0.2) is 23.2 Å². The molecule has 0 aliphatic heterocycles. The van der Waals surface area contributed by atoms with E-state index in [9.17, 15) is 42.2 Å². The van der Waals surface area contributed by atoms with Gasteiger partial charge < -0.3 is 29.6 Å². The van der Waals surface area contributed by atoms with Crippen molar-refractivity contribution in [2.75, 3.05) is 14.2 Å². The van der Waals surface area contributed by atoms with E-state index in [1.165, 1.54) is 36.9 Å². The van der Waals surface area contributed by atoms with Gasteiger partial charge in [-0.3, -0.25) is 0 Å². The lowest BCUT2D eigenvalue weighted by atomic mass is 10.2. The third-order valence-corrected chi connectivity index (χ3v) is 6.78. The molecule has 16 heteroatoms. The number of aldehydes is 1. The molecule has 0 fully saturated rings. The Morgan fingerprint density at radius 3 is 1.32 bits per heavy atom. The zero-order valence-corrected chi connectivity index (χ0v) is 27.7. The monoisotopic (exact) mass is 678 g/mol. The van der Waals surface area contributed by atoms with Crippen LogP contribution in [-0.2, 0) is 23.9 Å². The molecule has 0 radical (unpaired) electrons. The van der Waals surface area contributed by atoms with Crippen LogP contribution in [0.4, 0.5) is 17.6 Å². The summed E-state index contributed by atoms with van der Waals surface area (Å²) in [7, 11) is 2.42. The molecule has 0 amide bonds. The van der Waals surface area contributed by atoms with Gasteiger partial charge in [0.05, 0.1) is 14.2 Å². The predicted molar refractivity (Wildman–Crippen MR) is 161 cm³/mol. The maximum Gasteiger partial charge on any atom is 0.340 e. The lowest BCUT2D eigenvalue weighted by molar-refractivity contribution is -0.150. The lowest BCUT2D eigenvalue weighted by Gasteiger charge is -2.09. The molecule has 2 aromatic rings.